The van der Waals surface area contributed by atoms with Gasteiger partial charge in [-0.25, -0.2) is 0 Å². The van der Waals surface area contributed by atoms with E-state index in [1.165, 1.54) is 12.2 Å². The highest BCUT2D eigenvalue weighted by Gasteiger charge is 2.23. The monoisotopic (exact) mass is 257 g/mol. The van der Waals surface area contributed by atoms with Gasteiger partial charge in [0.2, 0.25) is 0 Å². The normalized spacial score (nSPS) is 26.1. The number of carbonyl (C=O) groups excluding carboxylic acids is 1. The molecule has 0 radical (unpaired) electrons. The molecule has 1 aliphatic rings. The van der Waals surface area contributed by atoms with Crippen molar-refractivity contribution in [2.24, 2.45) is 0 Å². The molecule has 1 aliphatic carbocycles. The van der Waals surface area contributed by atoms with Crippen molar-refractivity contribution in [2.45, 2.75) is 11.2 Å². The lowest BCUT2D eigenvalue weighted by atomic mass is 10.1. The number of hydrogen-bond donors (Lipinski definition) is 0. The molecule has 1 atom stereocenters. The zero-order chi connectivity index (χ0) is 10.8. The molecule has 0 amide bonds. The second kappa shape index (κ2) is 3.88. The number of halogens is 1. The zero-order valence-electron chi connectivity index (χ0n) is 7.44. The minimum absolute atomic E-state index is 0.0828. The fraction of sp³-hybridized carbons (Fsp3) is 0.222. The van der Waals surface area contributed by atoms with Gasteiger partial charge < -0.3 is 0 Å². The van der Waals surface area contributed by atoms with Crippen molar-refractivity contribution in [2.75, 3.05) is 0 Å². The number of allylic oxidation sites excluding steroid dienone is 5. The Hall–Kier alpha value is -1.23. The van der Waals surface area contributed by atoms with Gasteiger partial charge in [0, 0.05) is 6.08 Å². The molecule has 0 aromatic rings. The molecule has 1 rings (SSSR count). The number of alkyl halides is 1. The highest BCUT2D eigenvalue weighted by molar-refractivity contribution is 9.10. The van der Waals surface area contributed by atoms with E-state index in [0.717, 1.165) is 0 Å². The van der Waals surface area contributed by atoms with E-state index in [2.05, 4.69) is 15.9 Å². The Morgan fingerprint density at radius 2 is 2.29 bits per heavy atom. The van der Waals surface area contributed by atoms with Crippen molar-refractivity contribution in [1.29, 1.82) is 0 Å². The lowest BCUT2D eigenvalue weighted by molar-refractivity contribution is -0.420. The molecule has 74 valence electrons. The Balaban J connectivity index is 3.22. The van der Waals surface area contributed by atoms with E-state index < -0.39 is 9.25 Å². The first-order chi connectivity index (χ1) is 6.46. The van der Waals surface area contributed by atoms with Crippen LogP contribution in [-0.2, 0) is 4.79 Å². The van der Waals surface area contributed by atoms with Crippen LogP contribution in [0.1, 0.15) is 6.92 Å². The molecular formula is C9H8BrNO3. The maximum absolute atomic E-state index is 10.7. The summed E-state index contributed by atoms with van der Waals surface area (Å²) in [5, 5.41) is 10.6. The van der Waals surface area contributed by atoms with Crippen LogP contribution in [0.4, 0.5) is 0 Å². The van der Waals surface area contributed by atoms with Gasteiger partial charge in [0.15, 0.2) is 6.29 Å². The SMILES string of the molecule is CC1(Br)C=CC=C([N+](=O)[O-])C(C=O)=C1. The van der Waals surface area contributed by atoms with E-state index in [1.54, 1.807) is 19.1 Å². The summed E-state index contributed by atoms with van der Waals surface area (Å²) in [5.41, 5.74) is -0.0983. The molecule has 0 fully saturated rings. The third kappa shape index (κ3) is 2.38. The second-order valence-corrected chi connectivity index (χ2v) is 4.75. The molecule has 0 N–H and O–H groups in total. The Morgan fingerprint density at radius 3 is 2.79 bits per heavy atom. The first-order valence-corrected chi connectivity index (χ1v) is 4.67. The van der Waals surface area contributed by atoms with Crippen LogP contribution in [0.3, 0.4) is 0 Å². The first kappa shape index (κ1) is 10.8. The number of aldehydes is 1. The summed E-state index contributed by atoms with van der Waals surface area (Å²) in [6.45, 7) is 1.80. The van der Waals surface area contributed by atoms with Crippen molar-refractivity contribution in [3.05, 3.63) is 45.7 Å². The maximum atomic E-state index is 10.7. The van der Waals surface area contributed by atoms with E-state index in [1.807, 2.05) is 0 Å². The average Bonchev–Trinajstić information content (AvgIpc) is 2.22. The number of hydrogen-bond acceptors (Lipinski definition) is 3. The number of nitrogens with zero attached hydrogens (tertiary/aromatic N) is 1. The first-order valence-electron chi connectivity index (χ1n) is 3.87. The summed E-state index contributed by atoms with van der Waals surface area (Å²) in [7, 11) is 0. The molecule has 0 heterocycles. The minimum atomic E-state index is -0.570. The molecule has 4 nitrogen and oxygen atoms in total. The molecule has 0 aromatic carbocycles. The molecule has 0 saturated carbocycles. The summed E-state index contributed by atoms with van der Waals surface area (Å²) in [6.07, 6.45) is 6.60. The summed E-state index contributed by atoms with van der Waals surface area (Å²) in [5.74, 6) is 0. The van der Waals surface area contributed by atoms with Crippen LogP contribution in [-0.4, -0.2) is 15.5 Å². The average molecular weight is 258 g/mol. The minimum Gasteiger partial charge on any atom is -0.298 e. The highest BCUT2D eigenvalue weighted by Crippen LogP contribution is 2.27. The van der Waals surface area contributed by atoms with Crippen molar-refractivity contribution in [3.63, 3.8) is 0 Å². The van der Waals surface area contributed by atoms with Crippen molar-refractivity contribution in [3.8, 4) is 0 Å². The Labute approximate surface area is 89.3 Å². The number of rotatable bonds is 2. The van der Waals surface area contributed by atoms with E-state index in [9.17, 15) is 14.9 Å². The van der Waals surface area contributed by atoms with E-state index >= 15 is 0 Å². The van der Waals surface area contributed by atoms with Gasteiger partial charge >= 0.3 is 0 Å². The summed E-state index contributed by atoms with van der Waals surface area (Å²) in [6, 6.07) is 0. The Kier molecular flexibility index (Phi) is 3.00. The number of carbonyl (C=O) groups is 1. The molecule has 0 saturated heterocycles. The second-order valence-electron chi connectivity index (χ2n) is 3.04. The topological polar surface area (TPSA) is 60.2 Å². The van der Waals surface area contributed by atoms with Crippen LogP contribution in [0.2, 0.25) is 0 Å². The summed E-state index contributed by atoms with van der Waals surface area (Å²) >= 11 is 3.32. The molecule has 0 spiro atoms. The summed E-state index contributed by atoms with van der Waals surface area (Å²) in [4.78, 5) is 20.7. The van der Waals surface area contributed by atoms with Crippen molar-refractivity contribution < 1.29 is 9.72 Å². The lowest BCUT2D eigenvalue weighted by Gasteiger charge is -2.10. The predicted molar refractivity (Wildman–Crippen MR) is 55.7 cm³/mol. The van der Waals surface area contributed by atoms with Crippen LogP contribution >= 0.6 is 15.9 Å². The quantitative estimate of drug-likeness (QED) is 0.329. The Bertz CT molecular complexity index is 366. The molecule has 0 aromatic heterocycles. The largest absolute Gasteiger partial charge is 0.298 e. The van der Waals surface area contributed by atoms with Crippen LogP contribution in [0, 0.1) is 10.1 Å². The van der Waals surface area contributed by atoms with Crippen LogP contribution < -0.4 is 0 Å². The smallest absolute Gasteiger partial charge is 0.279 e. The zero-order valence-corrected chi connectivity index (χ0v) is 9.02. The van der Waals surface area contributed by atoms with Gasteiger partial charge in [0.1, 0.15) is 0 Å². The van der Waals surface area contributed by atoms with Gasteiger partial charge in [-0.05, 0) is 13.0 Å². The molecule has 0 bridgehead atoms. The van der Waals surface area contributed by atoms with E-state index in [-0.39, 0.29) is 11.3 Å². The van der Waals surface area contributed by atoms with Crippen molar-refractivity contribution in [1.82, 2.24) is 0 Å². The van der Waals surface area contributed by atoms with Crippen LogP contribution in [0.5, 0.6) is 0 Å². The predicted octanol–water partition coefficient (Wildman–Crippen LogP) is 2.00. The maximum Gasteiger partial charge on any atom is 0.279 e. The van der Waals surface area contributed by atoms with Crippen molar-refractivity contribution >= 4 is 22.2 Å². The van der Waals surface area contributed by atoms with Gasteiger partial charge in [0.05, 0.1) is 14.8 Å². The van der Waals surface area contributed by atoms with E-state index in [4.69, 9.17) is 0 Å². The van der Waals surface area contributed by atoms with Gasteiger partial charge in [-0.3, -0.25) is 14.9 Å². The highest BCUT2D eigenvalue weighted by atomic mass is 79.9. The van der Waals surface area contributed by atoms with Crippen LogP contribution in [0.15, 0.2) is 35.6 Å². The Morgan fingerprint density at radius 1 is 1.64 bits per heavy atom. The molecule has 0 aliphatic heterocycles. The van der Waals surface area contributed by atoms with Crippen LogP contribution in [0.25, 0.3) is 0 Å². The van der Waals surface area contributed by atoms with Gasteiger partial charge in [-0.1, -0.05) is 28.1 Å². The summed E-state index contributed by atoms with van der Waals surface area (Å²) < 4.78 is -0.516. The molecule has 1 unspecified atom stereocenters. The third-order valence-corrected chi connectivity index (χ3v) is 2.23. The molecular weight excluding hydrogens is 250 g/mol. The lowest BCUT2D eigenvalue weighted by Crippen LogP contribution is -2.10. The van der Waals surface area contributed by atoms with E-state index in [0.29, 0.717) is 6.29 Å². The van der Waals surface area contributed by atoms with Gasteiger partial charge in [0.25, 0.3) is 5.70 Å². The third-order valence-electron chi connectivity index (χ3n) is 1.73. The fourth-order valence-corrected chi connectivity index (χ4v) is 1.51. The molecule has 5 heteroatoms. The standard InChI is InChI=1S/C9H8BrNO3/c1-9(10)4-2-3-8(11(13)14)7(5-9)6-12/h2-6H,1H3. The van der Waals surface area contributed by atoms with Gasteiger partial charge in [-0.2, -0.15) is 0 Å². The number of nitro groups is 1. The molecule has 14 heavy (non-hydrogen) atoms. The van der Waals surface area contributed by atoms with Gasteiger partial charge in [-0.15, -0.1) is 0 Å². The fourth-order valence-electron chi connectivity index (χ4n) is 1.11.